The minimum Gasteiger partial charge on any atom is -0.312 e. The Morgan fingerprint density at radius 1 is 1.32 bits per heavy atom. The number of hydrogen-bond acceptors (Lipinski definition) is 7. The SMILES string of the molecule is CC[C@@H](Sc1nncn1C)C(=O)Nc1nnc(-c2ccccc2C)s1. The van der Waals surface area contributed by atoms with Gasteiger partial charge in [-0.3, -0.25) is 10.1 Å². The number of hydrogen-bond donors (Lipinski definition) is 1. The number of amides is 1. The first kappa shape index (κ1) is 17.6. The lowest BCUT2D eigenvalue weighted by Crippen LogP contribution is -2.24. The van der Waals surface area contributed by atoms with Crippen LogP contribution in [0.15, 0.2) is 35.7 Å². The van der Waals surface area contributed by atoms with Crippen molar-refractivity contribution in [2.24, 2.45) is 7.05 Å². The Morgan fingerprint density at radius 2 is 2.12 bits per heavy atom. The summed E-state index contributed by atoms with van der Waals surface area (Å²) in [5.74, 6) is -0.108. The molecule has 0 spiro atoms. The molecule has 3 aromatic rings. The number of benzene rings is 1. The van der Waals surface area contributed by atoms with Crippen LogP contribution in [0.4, 0.5) is 5.13 Å². The molecule has 1 aromatic carbocycles. The molecule has 130 valence electrons. The maximum Gasteiger partial charge on any atom is 0.239 e. The van der Waals surface area contributed by atoms with Crippen LogP contribution >= 0.6 is 23.1 Å². The van der Waals surface area contributed by atoms with Crippen LogP contribution in [0.25, 0.3) is 10.6 Å². The summed E-state index contributed by atoms with van der Waals surface area (Å²) in [6.07, 6.45) is 2.29. The summed E-state index contributed by atoms with van der Waals surface area (Å²) in [5.41, 5.74) is 2.15. The van der Waals surface area contributed by atoms with Crippen LogP contribution in [0.2, 0.25) is 0 Å². The predicted octanol–water partition coefficient (Wildman–Crippen LogP) is 3.15. The zero-order valence-electron chi connectivity index (χ0n) is 14.1. The van der Waals surface area contributed by atoms with Gasteiger partial charge in [0.2, 0.25) is 11.0 Å². The number of aromatic nitrogens is 5. The first-order valence-electron chi connectivity index (χ1n) is 7.79. The van der Waals surface area contributed by atoms with Crippen LogP contribution in [0.5, 0.6) is 0 Å². The largest absolute Gasteiger partial charge is 0.312 e. The van der Waals surface area contributed by atoms with Crippen molar-refractivity contribution in [3.8, 4) is 10.6 Å². The lowest BCUT2D eigenvalue weighted by molar-refractivity contribution is -0.115. The highest BCUT2D eigenvalue weighted by molar-refractivity contribution is 8.00. The molecule has 0 aliphatic heterocycles. The van der Waals surface area contributed by atoms with Crippen molar-refractivity contribution in [2.75, 3.05) is 5.32 Å². The summed E-state index contributed by atoms with van der Waals surface area (Å²) in [6.45, 7) is 3.99. The van der Waals surface area contributed by atoms with E-state index in [2.05, 4.69) is 25.7 Å². The first-order chi connectivity index (χ1) is 12.1. The van der Waals surface area contributed by atoms with E-state index >= 15 is 0 Å². The zero-order valence-corrected chi connectivity index (χ0v) is 15.8. The number of thioether (sulfide) groups is 1. The van der Waals surface area contributed by atoms with E-state index in [9.17, 15) is 4.79 Å². The third-order valence-electron chi connectivity index (χ3n) is 3.61. The van der Waals surface area contributed by atoms with Crippen molar-refractivity contribution in [1.29, 1.82) is 0 Å². The van der Waals surface area contributed by atoms with Gasteiger partial charge < -0.3 is 4.57 Å². The van der Waals surface area contributed by atoms with Gasteiger partial charge in [-0.15, -0.1) is 20.4 Å². The zero-order chi connectivity index (χ0) is 17.8. The fourth-order valence-electron chi connectivity index (χ4n) is 2.21. The number of carbonyl (C=O) groups excluding carboxylic acids is 1. The molecule has 0 bridgehead atoms. The van der Waals surface area contributed by atoms with Gasteiger partial charge in [-0.1, -0.05) is 54.3 Å². The van der Waals surface area contributed by atoms with E-state index in [0.717, 1.165) is 16.1 Å². The van der Waals surface area contributed by atoms with Gasteiger partial charge in [0.1, 0.15) is 11.3 Å². The molecule has 7 nitrogen and oxygen atoms in total. The van der Waals surface area contributed by atoms with E-state index in [4.69, 9.17) is 0 Å². The normalized spacial score (nSPS) is 12.1. The van der Waals surface area contributed by atoms with Gasteiger partial charge in [-0.05, 0) is 18.9 Å². The molecule has 2 aromatic heterocycles. The molecule has 9 heteroatoms. The van der Waals surface area contributed by atoms with Gasteiger partial charge in [0.15, 0.2) is 5.16 Å². The van der Waals surface area contributed by atoms with Gasteiger partial charge in [0, 0.05) is 12.6 Å². The molecule has 0 radical (unpaired) electrons. The molecule has 0 aliphatic rings. The molecule has 0 fully saturated rings. The smallest absolute Gasteiger partial charge is 0.239 e. The van der Waals surface area contributed by atoms with Crippen LogP contribution in [0.1, 0.15) is 18.9 Å². The van der Waals surface area contributed by atoms with Crippen LogP contribution in [0.3, 0.4) is 0 Å². The summed E-state index contributed by atoms with van der Waals surface area (Å²) in [7, 11) is 1.85. The van der Waals surface area contributed by atoms with E-state index < -0.39 is 0 Å². The minimum absolute atomic E-state index is 0.108. The average molecular weight is 374 g/mol. The predicted molar refractivity (Wildman–Crippen MR) is 99.7 cm³/mol. The molecule has 0 unspecified atom stereocenters. The average Bonchev–Trinajstić information content (AvgIpc) is 3.22. The van der Waals surface area contributed by atoms with Gasteiger partial charge in [0.25, 0.3) is 0 Å². The summed E-state index contributed by atoms with van der Waals surface area (Å²) in [5, 5.41) is 20.7. The highest BCUT2D eigenvalue weighted by atomic mass is 32.2. The van der Waals surface area contributed by atoms with Gasteiger partial charge >= 0.3 is 0 Å². The Morgan fingerprint density at radius 3 is 2.80 bits per heavy atom. The van der Waals surface area contributed by atoms with Crippen molar-refractivity contribution >= 4 is 34.1 Å². The molecule has 1 atom stereocenters. The van der Waals surface area contributed by atoms with Gasteiger partial charge in [0.05, 0.1) is 5.25 Å². The third-order valence-corrected chi connectivity index (χ3v) is 5.90. The number of anilines is 1. The van der Waals surface area contributed by atoms with Gasteiger partial charge in [-0.25, -0.2) is 0 Å². The second-order valence-electron chi connectivity index (χ2n) is 5.46. The maximum atomic E-state index is 12.5. The molecule has 1 N–H and O–H groups in total. The Balaban J connectivity index is 1.70. The number of nitrogens with one attached hydrogen (secondary N) is 1. The van der Waals surface area contributed by atoms with Crippen LogP contribution in [0, 0.1) is 6.92 Å². The summed E-state index contributed by atoms with van der Waals surface area (Å²) in [6, 6.07) is 7.98. The quantitative estimate of drug-likeness (QED) is 0.667. The monoisotopic (exact) mass is 374 g/mol. The summed E-state index contributed by atoms with van der Waals surface area (Å²) < 4.78 is 1.79. The second kappa shape index (κ2) is 7.75. The number of rotatable bonds is 6. The van der Waals surface area contributed by atoms with Crippen molar-refractivity contribution in [3.63, 3.8) is 0 Å². The summed E-state index contributed by atoms with van der Waals surface area (Å²) >= 11 is 2.76. The van der Waals surface area contributed by atoms with Crippen molar-refractivity contribution in [2.45, 2.75) is 30.7 Å². The Labute approximate surface area is 153 Å². The lowest BCUT2D eigenvalue weighted by Gasteiger charge is -2.12. The van der Waals surface area contributed by atoms with Gasteiger partial charge in [-0.2, -0.15) is 0 Å². The highest BCUT2D eigenvalue weighted by Crippen LogP contribution is 2.30. The Bertz CT molecular complexity index is 875. The first-order valence-corrected chi connectivity index (χ1v) is 9.49. The number of aryl methyl sites for hydroxylation is 2. The van der Waals surface area contributed by atoms with Crippen molar-refractivity contribution in [3.05, 3.63) is 36.2 Å². The number of nitrogens with zero attached hydrogens (tertiary/aromatic N) is 5. The maximum absolute atomic E-state index is 12.5. The summed E-state index contributed by atoms with van der Waals surface area (Å²) in [4.78, 5) is 12.5. The lowest BCUT2D eigenvalue weighted by atomic mass is 10.1. The van der Waals surface area contributed by atoms with Crippen molar-refractivity contribution < 1.29 is 4.79 Å². The van der Waals surface area contributed by atoms with Crippen LogP contribution < -0.4 is 5.32 Å². The second-order valence-corrected chi connectivity index (χ2v) is 7.60. The topological polar surface area (TPSA) is 85.6 Å². The minimum atomic E-state index is -0.270. The Hall–Kier alpha value is -2.26. The molecule has 3 rings (SSSR count). The van der Waals surface area contributed by atoms with Crippen LogP contribution in [-0.4, -0.2) is 36.1 Å². The molecule has 25 heavy (non-hydrogen) atoms. The van der Waals surface area contributed by atoms with E-state index in [1.807, 2.05) is 45.2 Å². The molecule has 0 saturated carbocycles. The number of carbonyl (C=O) groups is 1. The molecule has 0 saturated heterocycles. The molecule has 0 aliphatic carbocycles. The molecule has 1 amide bonds. The molecular weight excluding hydrogens is 356 g/mol. The Kier molecular flexibility index (Phi) is 5.44. The van der Waals surface area contributed by atoms with E-state index in [1.54, 1.807) is 10.9 Å². The third kappa shape index (κ3) is 4.05. The highest BCUT2D eigenvalue weighted by Gasteiger charge is 2.22. The van der Waals surface area contributed by atoms with Crippen molar-refractivity contribution in [1.82, 2.24) is 25.0 Å². The van der Waals surface area contributed by atoms with Crippen LogP contribution in [-0.2, 0) is 11.8 Å². The standard InChI is InChI=1S/C16H18N6OS2/c1-4-12(24-16-21-17-9-22(16)3)13(23)18-15-20-19-14(25-15)11-8-6-5-7-10(11)2/h5-9,12H,4H2,1-3H3,(H,18,20,23)/t12-/m1/s1. The van der Waals surface area contributed by atoms with E-state index in [-0.39, 0.29) is 11.2 Å². The molecular formula is C16H18N6OS2. The van der Waals surface area contributed by atoms with E-state index in [1.165, 1.54) is 23.1 Å². The van der Waals surface area contributed by atoms with E-state index in [0.29, 0.717) is 16.7 Å². The molecule has 2 heterocycles. The fourth-order valence-corrected chi connectivity index (χ4v) is 3.94. The fraction of sp³-hybridized carbons (Fsp3) is 0.312.